The Labute approximate surface area is 138 Å². The maximum absolute atomic E-state index is 11.9. The van der Waals surface area contributed by atoms with Gasteiger partial charge in [-0.3, -0.25) is 19.7 Å². The second-order valence-electron chi connectivity index (χ2n) is 5.23. The molecule has 2 N–H and O–H groups in total. The largest absolute Gasteiger partial charge is 0.383 e. The minimum atomic E-state index is -0.549. The van der Waals surface area contributed by atoms with E-state index in [9.17, 15) is 19.7 Å². The zero-order valence-electron chi connectivity index (χ0n) is 13.4. The lowest BCUT2D eigenvalue weighted by Crippen LogP contribution is -2.24. The molecule has 0 aliphatic heterocycles. The topological polar surface area (TPSA) is 106 Å². The number of nitro groups is 1. The second-order valence-corrected chi connectivity index (χ2v) is 5.23. The van der Waals surface area contributed by atoms with Crippen molar-refractivity contribution in [2.75, 3.05) is 18.9 Å². The molecule has 0 radical (unpaired) electrons. The van der Waals surface area contributed by atoms with Crippen LogP contribution in [0, 0.1) is 17.0 Å². The Morgan fingerprint density at radius 2 is 2.04 bits per heavy atom. The van der Waals surface area contributed by atoms with Crippen molar-refractivity contribution in [3.63, 3.8) is 0 Å². The van der Waals surface area contributed by atoms with Crippen molar-refractivity contribution in [2.45, 2.75) is 13.5 Å². The molecule has 1 aromatic carbocycles. The van der Waals surface area contributed by atoms with E-state index in [0.29, 0.717) is 17.8 Å². The van der Waals surface area contributed by atoms with E-state index in [2.05, 4.69) is 10.6 Å². The molecule has 8 nitrogen and oxygen atoms in total. The highest BCUT2D eigenvalue weighted by Crippen LogP contribution is 2.17. The normalized spacial score (nSPS) is 10.2. The number of carbonyl (C=O) groups excluding carboxylic acids is 1. The van der Waals surface area contributed by atoms with Crippen molar-refractivity contribution in [1.82, 2.24) is 9.88 Å². The maximum atomic E-state index is 11.9. The van der Waals surface area contributed by atoms with Gasteiger partial charge in [0.1, 0.15) is 0 Å². The van der Waals surface area contributed by atoms with Crippen LogP contribution in [-0.4, -0.2) is 29.0 Å². The van der Waals surface area contributed by atoms with E-state index in [1.807, 2.05) is 13.0 Å². The Morgan fingerprint density at radius 3 is 2.71 bits per heavy atom. The van der Waals surface area contributed by atoms with Crippen LogP contribution in [0.4, 0.5) is 11.4 Å². The number of aryl methyl sites for hydroxylation is 1. The summed E-state index contributed by atoms with van der Waals surface area (Å²) in [6, 6.07) is 7.76. The number of amides is 1. The second kappa shape index (κ2) is 7.40. The molecule has 0 aliphatic rings. The Hall–Kier alpha value is -3.16. The quantitative estimate of drug-likeness (QED) is 0.617. The van der Waals surface area contributed by atoms with Crippen LogP contribution >= 0.6 is 0 Å². The van der Waals surface area contributed by atoms with Gasteiger partial charge >= 0.3 is 0 Å². The van der Waals surface area contributed by atoms with Gasteiger partial charge in [-0.25, -0.2) is 0 Å². The first-order chi connectivity index (χ1) is 11.4. The SMILES string of the molecule is CNC(=O)c1cc(C)ccc1NCCn1cc([N+](=O)[O-])ccc1=O. The van der Waals surface area contributed by atoms with Crippen molar-refractivity contribution in [1.29, 1.82) is 0 Å². The standard InChI is InChI=1S/C16H18N4O4/c1-11-3-5-14(13(9-11)16(22)17-2)18-7-8-19-10-12(20(23)24)4-6-15(19)21/h3-6,9-10,18H,7-8H2,1-2H3,(H,17,22). The smallest absolute Gasteiger partial charge is 0.285 e. The summed E-state index contributed by atoms with van der Waals surface area (Å²) in [5, 5.41) is 16.4. The van der Waals surface area contributed by atoms with E-state index in [1.165, 1.54) is 22.9 Å². The monoisotopic (exact) mass is 330 g/mol. The summed E-state index contributed by atoms with van der Waals surface area (Å²) in [5.74, 6) is -0.214. The number of nitrogens with one attached hydrogen (secondary N) is 2. The molecule has 0 saturated carbocycles. The van der Waals surface area contributed by atoms with Gasteiger partial charge in [0.2, 0.25) is 0 Å². The third-order valence-electron chi connectivity index (χ3n) is 3.49. The fourth-order valence-electron chi connectivity index (χ4n) is 2.25. The first kappa shape index (κ1) is 17.2. The van der Waals surface area contributed by atoms with Crippen LogP contribution in [0.1, 0.15) is 15.9 Å². The molecule has 8 heteroatoms. The Kier molecular flexibility index (Phi) is 5.31. The van der Waals surface area contributed by atoms with Crippen LogP contribution in [-0.2, 0) is 6.54 Å². The van der Waals surface area contributed by atoms with E-state index in [0.717, 1.165) is 5.56 Å². The summed E-state index contributed by atoms with van der Waals surface area (Å²) in [6.45, 7) is 2.47. The van der Waals surface area contributed by atoms with Gasteiger partial charge < -0.3 is 15.2 Å². The van der Waals surface area contributed by atoms with E-state index in [-0.39, 0.29) is 23.7 Å². The first-order valence-electron chi connectivity index (χ1n) is 7.34. The molecule has 126 valence electrons. The molecule has 0 unspecified atom stereocenters. The number of pyridine rings is 1. The molecule has 1 amide bonds. The highest BCUT2D eigenvalue weighted by atomic mass is 16.6. The lowest BCUT2D eigenvalue weighted by Gasteiger charge is -2.13. The van der Waals surface area contributed by atoms with Gasteiger partial charge in [-0.2, -0.15) is 0 Å². The summed E-state index contributed by atoms with van der Waals surface area (Å²) in [7, 11) is 1.55. The zero-order valence-corrected chi connectivity index (χ0v) is 13.4. The summed E-state index contributed by atoms with van der Waals surface area (Å²) >= 11 is 0. The van der Waals surface area contributed by atoms with Gasteiger partial charge in [-0.15, -0.1) is 0 Å². The van der Waals surface area contributed by atoms with Gasteiger partial charge in [0.25, 0.3) is 17.2 Å². The van der Waals surface area contributed by atoms with Gasteiger partial charge in [0.05, 0.1) is 16.7 Å². The molecule has 2 rings (SSSR count). The predicted molar refractivity (Wildman–Crippen MR) is 90.4 cm³/mol. The summed E-state index contributed by atoms with van der Waals surface area (Å²) in [4.78, 5) is 33.9. The minimum Gasteiger partial charge on any atom is -0.383 e. The molecule has 1 heterocycles. The zero-order chi connectivity index (χ0) is 17.7. The van der Waals surface area contributed by atoms with Crippen molar-refractivity contribution < 1.29 is 9.72 Å². The molecule has 0 bridgehead atoms. The van der Waals surface area contributed by atoms with Crippen molar-refractivity contribution in [3.05, 3.63) is 68.1 Å². The number of carbonyl (C=O) groups is 1. The van der Waals surface area contributed by atoms with Crippen LogP contribution in [0.5, 0.6) is 0 Å². The molecule has 0 saturated heterocycles. The molecule has 0 fully saturated rings. The number of hydrogen-bond acceptors (Lipinski definition) is 5. The lowest BCUT2D eigenvalue weighted by molar-refractivity contribution is -0.385. The van der Waals surface area contributed by atoms with Crippen molar-refractivity contribution in [2.24, 2.45) is 0 Å². The van der Waals surface area contributed by atoms with Crippen LogP contribution < -0.4 is 16.2 Å². The molecule has 2 aromatic rings. The van der Waals surface area contributed by atoms with E-state index in [4.69, 9.17) is 0 Å². The average molecular weight is 330 g/mol. The van der Waals surface area contributed by atoms with E-state index < -0.39 is 4.92 Å². The van der Waals surface area contributed by atoms with E-state index >= 15 is 0 Å². The van der Waals surface area contributed by atoms with Crippen LogP contribution in [0.2, 0.25) is 0 Å². The van der Waals surface area contributed by atoms with Crippen molar-refractivity contribution in [3.8, 4) is 0 Å². The number of benzene rings is 1. The van der Waals surface area contributed by atoms with Crippen molar-refractivity contribution >= 4 is 17.3 Å². The van der Waals surface area contributed by atoms with Gasteiger partial charge in [0.15, 0.2) is 0 Å². The average Bonchev–Trinajstić information content (AvgIpc) is 2.56. The number of nitrogens with zero attached hydrogens (tertiary/aromatic N) is 2. The third-order valence-corrected chi connectivity index (χ3v) is 3.49. The number of aromatic nitrogens is 1. The fourth-order valence-corrected chi connectivity index (χ4v) is 2.25. The summed E-state index contributed by atoms with van der Waals surface area (Å²) in [5.41, 5.74) is 1.63. The first-order valence-corrected chi connectivity index (χ1v) is 7.34. The van der Waals surface area contributed by atoms with Crippen LogP contribution in [0.3, 0.4) is 0 Å². The highest BCUT2D eigenvalue weighted by molar-refractivity contribution is 5.99. The Morgan fingerprint density at radius 1 is 1.29 bits per heavy atom. The highest BCUT2D eigenvalue weighted by Gasteiger charge is 2.11. The number of hydrogen-bond donors (Lipinski definition) is 2. The third kappa shape index (κ3) is 3.97. The van der Waals surface area contributed by atoms with Gasteiger partial charge in [-0.1, -0.05) is 11.6 Å². The van der Waals surface area contributed by atoms with Crippen LogP contribution in [0.25, 0.3) is 0 Å². The molecule has 1 aromatic heterocycles. The Balaban J connectivity index is 2.13. The predicted octanol–water partition coefficient (Wildman–Crippen LogP) is 1.54. The molecular weight excluding hydrogens is 312 g/mol. The molecule has 0 spiro atoms. The number of anilines is 1. The molecule has 0 aliphatic carbocycles. The molecule has 24 heavy (non-hydrogen) atoms. The summed E-state index contributed by atoms with van der Waals surface area (Å²) in [6.07, 6.45) is 1.21. The fraction of sp³-hybridized carbons (Fsp3) is 0.250. The molecular formula is C16H18N4O4. The summed E-state index contributed by atoms with van der Waals surface area (Å²) < 4.78 is 1.26. The Bertz CT molecular complexity index is 829. The van der Waals surface area contributed by atoms with E-state index in [1.54, 1.807) is 19.2 Å². The van der Waals surface area contributed by atoms with Crippen LogP contribution in [0.15, 0.2) is 41.3 Å². The lowest BCUT2D eigenvalue weighted by atomic mass is 10.1. The molecule has 0 atom stereocenters. The maximum Gasteiger partial charge on any atom is 0.285 e. The minimum absolute atomic E-state index is 0.143. The van der Waals surface area contributed by atoms with Gasteiger partial charge in [-0.05, 0) is 19.1 Å². The number of rotatable bonds is 6. The van der Waals surface area contributed by atoms with Gasteiger partial charge in [0, 0.05) is 38.0 Å².